The van der Waals surface area contributed by atoms with Crippen molar-refractivity contribution in [3.05, 3.63) is 107 Å². The molecule has 0 bridgehead atoms. The van der Waals surface area contributed by atoms with Gasteiger partial charge in [-0.15, -0.1) is 0 Å². The summed E-state index contributed by atoms with van der Waals surface area (Å²) in [5, 5.41) is 5.91. The summed E-state index contributed by atoms with van der Waals surface area (Å²) in [7, 11) is 0. The zero-order valence-corrected chi connectivity index (χ0v) is 24.6. The molecule has 0 radical (unpaired) electrons. The molecular formula is C34H41N3O4. The Hall–Kier alpha value is -4.13. The van der Waals surface area contributed by atoms with E-state index in [1.54, 1.807) is 25.7 Å². The first-order chi connectivity index (χ1) is 19.5. The molecule has 0 heterocycles. The van der Waals surface area contributed by atoms with Gasteiger partial charge in [0.25, 0.3) is 0 Å². The fraction of sp³-hybridized carbons (Fsp3) is 0.382. The average Bonchev–Trinajstić information content (AvgIpc) is 3.65. The van der Waals surface area contributed by atoms with Gasteiger partial charge in [0.1, 0.15) is 17.7 Å². The molecular weight excluding hydrogens is 514 g/mol. The topological polar surface area (TPSA) is 87.7 Å². The SMILES string of the molecule is Cc1ccccc1C(C(=O)NCc1ccccc1)N(C(=O)C(Cc1ccccc1)NC(=O)OC(C)(C)C)C1CC1C. The molecule has 7 heteroatoms. The highest BCUT2D eigenvalue weighted by Crippen LogP contribution is 2.41. The van der Waals surface area contributed by atoms with Gasteiger partial charge >= 0.3 is 6.09 Å². The summed E-state index contributed by atoms with van der Waals surface area (Å²) >= 11 is 0. The van der Waals surface area contributed by atoms with Crippen molar-refractivity contribution in [3.63, 3.8) is 0 Å². The van der Waals surface area contributed by atoms with Crippen molar-refractivity contribution < 1.29 is 19.1 Å². The number of hydrogen-bond donors (Lipinski definition) is 2. The number of ether oxygens (including phenoxy) is 1. The molecule has 41 heavy (non-hydrogen) atoms. The van der Waals surface area contributed by atoms with Gasteiger partial charge in [-0.25, -0.2) is 4.79 Å². The van der Waals surface area contributed by atoms with Crippen LogP contribution in [0.2, 0.25) is 0 Å². The smallest absolute Gasteiger partial charge is 0.408 e. The van der Waals surface area contributed by atoms with E-state index >= 15 is 0 Å². The first kappa shape index (κ1) is 29.8. The minimum absolute atomic E-state index is 0.131. The molecule has 3 amide bonds. The largest absolute Gasteiger partial charge is 0.444 e. The number of amides is 3. The molecule has 0 aromatic heterocycles. The van der Waals surface area contributed by atoms with Crippen LogP contribution >= 0.6 is 0 Å². The molecule has 4 rings (SSSR count). The Balaban J connectivity index is 1.71. The van der Waals surface area contributed by atoms with Crippen molar-refractivity contribution in [1.82, 2.24) is 15.5 Å². The van der Waals surface area contributed by atoms with Gasteiger partial charge in [0.15, 0.2) is 0 Å². The Morgan fingerprint density at radius 2 is 1.46 bits per heavy atom. The maximum atomic E-state index is 14.6. The summed E-state index contributed by atoms with van der Waals surface area (Å²) in [6.45, 7) is 9.72. The van der Waals surface area contributed by atoms with E-state index in [9.17, 15) is 14.4 Å². The van der Waals surface area contributed by atoms with Gasteiger partial charge < -0.3 is 20.3 Å². The van der Waals surface area contributed by atoms with Crippen molar-refractivity contribution in [2.45, 2.75) is 77.7 Å². The van der Waals surface area contributed by atoms with Crippen LogP contribution < -0.4 is 10.6 Å². The molecule has 4 atom stereocenters. The molecule has 7 nitrogen and oxygen atoms in total. The average molecular weight is 556 g/mol. The van der Waals surface area contributed by atoms with Gasteiger partial charge in [-0.3, -0.25) is 9.59 Å². The molecule has 3 aromatic carbocycles. The van der Waals surface area contributed by atoms with Crippen LogP contribution in [0.4, 0.5) is 4.79 Å². The number of benzene rings is 3. The van der Waals surface area contributed by atoms with Gasteiger partial charge in [0.05, 0.1) is 0 Å². The van der Waals surface area contributed by atoms with E-state index in [4.69, 9.17) is 4.74 Å². The molecule has 216 valence electrons. The quantitative estimate of drug-likeness (QED) is 0.335. The lowest BCUT2D eigenvalue weighted by Crippen LogP contribution is -2.54. The highest BCUT2D eigenvalue weighted by atomic mass is 16.6. The molecule has 0 saturated heterocycles. The normalized spacial score (nSPS) is 17.6. The van der Waals surface area contributed by atoms with Crippen molar-refractivity contribution in [2.75, 3.05) is 0 Å². The first-order valence-electron chi connectivity index (χ1n) is 14.3. The van der Waals surface area contributed by atoms with Gasteiger partial charge in [-0.05, 0) is 62.3 Å². The van der Waals surface area contributed by atoms with Crippen molar-refractivity contribution in [1.29, 1.82) is 0 Å². The van der Waals surface area contributed by atoms with E-state index in [2.05, 4.69) is 17.6 Å². The summed E-state index contributed by atoms with van der Waals surface area (Å²) in [4.78, 5) is 43.2. The molecule has 0 spiro atoms. The Morgan fingerprint density at radius 3 is 2.02 bits per heavy atom. The standard InChI is InChI=1S/C34H41N3O4/c1-23-14-12-13-19-27(23)30(31(38)35-22-26-17-10-7-11-18-26)37(29-20-24(29)2)32(39)28(21-25-15-8-6-9-16-25)36-33(40)41-34(3,4)5/h6-19,24,28-30H,20-22H2,1-5H3,(H,35,38)(H,36,40). The summed E-state index contributed by atoms with van der Waals surface area (Å²) < 4.78 is 5.53. The lowest BCUT2D eigenvalue weighted by Gasteiger charge is -2.35. The van der Waals surface area contributed by atoms with E-state index in [0.717, 1.165) is 28.7 Å². The second kappa shape index (κ2) is 13.0. The molecule has 1 aliphatic rings. The van der Waals surface area contributed by atoms with Gasteiger partial charge in [-0.2, -0.15) is 0 Å². The molecule has 0 aliphatic heterocycles. The third-order valence-corrected chi connectivity index (χ3v) is 7.27. The number of rotatable bonds is 10. The predicted octanol–water partition coefficient (Wildman–Crippen LogP) is 5.73. The van der Waals surface area contributed by atoms with Crippen LogP contribution in [0.5, 0.6) is 0 Å². The lowest BCUT2D eigenvalue weighted by molar-refractivity contribution is -0.143. The van der Waals surface area contributed by atoms with Crippen molar-refractivity contribution >= 4 is 17.9 Å². The van der Waals surface area contributed by atoms with Crippen LogP contribution in [0.1, 0.15) is 62.4 Å². The third kappa shape index (κ3) is 8.19. The van der Waals surface area contributed by atoms with Crippen molar-refractivity contribution in [3.8, 4) is 0 Å². The summed E-state index contributed by atoms with van der Waals surface area (Å²) in [6.07, 6.45) is 0.379. The number of nitrogens with zero attached hydrogens (tertiary/aromatic N) is 1. The molecule has 4 unspecified atom stereocenters. The third-order valence-electron chi connectivity index (χ3n) is 7.27. The lowest BCUT2D eigenvalue weighted by atomic mass is 9.96. The van der Waals surface area contributed by atoms with Gasteiger partial charge in [0, 0.05) is 19.0 Å². The number of nitrogens with one attached hydrogen (secondary N) is 2. The van der Waals surface area contributed by atoms with Gasteiger partial charge in [0.2, 0.25) is 11.8 Å². The zero-order valence-electron chi connectivity index (χ0n) is 24.6. The second-order valence-electron chi connectivity index (χ2n) is 11.9. The minimum atomic E-state index is -0.923. The first-order valence-corrected chi connectivity index (χ1v) is 14.3. The highest BCUT2D eigenvalue weighted by Gasteiger charge is 2.48. The van der Waals surface area contributed by atoms with Gasteiger partial charge in [-0.1, -0.05) is 91.9 Å². The zero-order chi connectivity index (χ0) is 29.6. The summed E-state index contributed by atoms with van der Waals surface area (Å²) in [6, 6.07) is 25.0. The fourth-order valence-corrected chi connectivity index (χ4v) is 5.04. The summed E-state index contributed by atoms with van der Waals surface area (Å²) in [5.41, 5.74) is 2.82. The second-order valence-corrected chi connectivity index (χ2v) is 11.9. The summed E-state index contributed by atoms with van der Waals surface area (Å²) in [5.74, 6) is -0.338. The van der Waals surface area contributed by atoms with E-state index in [1.165, 1.54) is 0 Å². The molecule has 1 saturated carbocycles. The Labute approximate surface area is 243 Å². The highest BCUT2D eigenvalue weighted by molar-refractivity contribution is 5.93. The van der Waals surface area contributed by atoms with Crippen LogP contribution in [0, 0.1) is 12.8 Å². The van der Waals surface area contributed by atoms with E-state index < -0.39 is 23.8 Å². The van der Waals surface area contributed by atoms with Crippen molar-refractivity contribution in [2.24, 2.45) is 5.92 Å². The Morgan fingerprint density at radius 1 is 0.902 bits per heavy atom. The Bertz CT molecular complexity index is 1340. The van der Waals surface area contributed by atoms with E-state index in [-0.39, 0.29) is 30.2 Å². The molecule has 3 aromatic rings. The molecule has 1 aliphatic carbocycles. The molecule has 2 N–H and O–H groups in total. The number of alkyl carbamates (subject to hydrolysis) is 1. The maximum Gasteiger partial charge on any atom is 0.408 e. The minimum Gasteiger partial charge on any atom is -0.444 e. The molecule has 1 fully saturated rings. The number of aryl methyl sites for hydroxylation is 1. The van der Waals surface area contributed by atoms with E-state index in [0.29, 0.717) is 6.54 Å². The number of hydrogen-bond acceptors (Lipinski definition) is 4. The maximum absolute atomic E-state index is 14.6. The van der Waals surface area contributed by atoms with Crippen LogP contribution in [0.15, 0.2) is 84.9 Å². The van der Waals surface area contributed by atoms with Crippen LogP contribution in [-0.2, 0) is 27.3 Å². The number of carbonyl (C=O) groups is 3. The predicted molar refractivity (Wildman–Crippen MR) is 160 cm³/mol. The van der Waals surface area contributed by atoms with E-state index in [1.807, 2.05) is 91.9 Å². The number of carbonyl (C=O) groups excluding carboxylic acids is 3. The monoisotopic (exact) mass is 555 g/mol. The fourth-order valence-electron chi connectivity index (χ4n) is 5.04. The van der Waals surface area contributed by atoms with Crippen LogP contribution in [-0.4, -0.2) is 40.5 Å². The Kier molecular flexibility index (Phi) is 9.48. The van der Waals surface area contributed by atoms with Crippen LogP contribution in [0.3, 0.4) is 0 Å². The van der Waals surface area contributed by atoms with Crippen LogP contribution in [0.25, 0.3) is 0 Å².